The lowest BCUT2D eigenvalue weighted by atomic mass is 9.76. The van der Waals surface area contributed by atoms with Crippen molar-refractivity contribution in [1.29, 1.82) is 5.26 Å². The summed E-state index contributed by atoms with van der Waals surface area (Å²) < 4.78 is 10.5. The Morgan fingerprint density at radius 3 is 2.80 bits per heavy atom. The van der Waals surface area contributed by atoms with Crippen LogP contribution in [0.5, 0.6) is 11.5 Å². The summed E-state index contributed by atoms with van der Waals surface area (Å²) in [6.45, 7) is 0.102. The first-order valence-electron chi connectivity index (χ1n) is 6.36. The van der Waals surface area contributed by atoms with Crippen molar-refractivity contribution in [2.75, 3.05) is 13.8 Å². The summed E-state index contributed by atoms with van der Waals surface area (Å²) in [6, 6.07) is 5.41. The average molecular weight is 293 g/mol. The van der Waals surface area contributed by atoms with Crippen LogP contribution < -0.4 is 9.47 Å². The van der Waals surface area contributed by atoms with Crippen LogP contribution in [0.1, 0.15) is 29.6 Å². The van der Waals surface area contributed by atoms with Gasteiger partial charge in [-0.15, -0.1) is 0 Å². The summed E-state index contributed by atoms with van der Waals surface area (Å²) in [5, 5.41) is 9.64. The molecule has 2 aliphatic rings. The molecule has 0 bridgehead atoms. The van der Waals surface area contributed by atoms with Gasteiger partial charge in [0.05, 0.1) is 11.1 Å². The molecule has 0 saturated heterocycles. The molecule has 20 heavy (non-hydrogen) atoms. The molecule has 1 aliphatic carbocycles. The second kappa shape index (κ2) is 4.57. The maximum absolute atomic E-state index is 12.5. The van der Waals surface area contributed by atoms with E-state index in [1.54, 1.807) is 19.2 Å². The molecule has 0 radical (unpaired) electrons. The highest BCUT2D eigenvalue weighted by atomic mass is 35.5. The number of carbonyl (C=O) groups excluding carboxylic acids is 1. The first kappa shape index (κ1) is 13.1. The van der Waals surface area contributed by atoms with Crippen LogP contribution in [-0.2, 0) is 0 Å². The number of hydrogen-bond donors (Lipinski definition) is 0. The Morgan fingerprint density at radius 2 is 2.20 bits per heavy atom. The van der Waals surface area contributed by atoms with Crippen molar-refractivity contribution in [3.05, 3.63) is 22.7 Å². The van der Waals surface area contributed by atoms with Gasteiger partial charge in [-0.3, -0.25) is 4.79 Å². The normalized spacial score (nSPS) is 18.1. The second-order valence-corrected chi connectivity index (χ2v) is 5.46. The number of ether oxygens (including phenoxy) is 2. The predicted molar refractivity (Wildman–Crippen MR) is 71.9 cm³/mol. The summed E-state index contributed by atoms with van der Waals surface area (Å²) in [6.07, 6.45) is 2.39. The molecular formula is C14H13ClN2O3. The van der Waals surface area contributed by atoms with Crippen LogP contribution >= 0.6 is 11.6 Å². The van der Waals surface area contributed by atoms with E-state index >= 15 is 0 Å². The van der Waals surface area contributed by atoms with E-state index in [0.717, 1.165) is 6.42 Å². The molecule has 0 N–H and O–H groups in total. The Bertz CT molecular complexity index is 620. The summed E-state index contributed by atoms with van der Waals surface area (Å²) in [7, 11) is 1.66. The zero-order valence-electron chi connectivity index (χ0n) is 11.0. The van der Waals surface area contributed by atoms with E-state index in [1.165, 1.54) is 4.90 Å². The van der Waals surface area contributed by atoms with E-state index in [9.17, 15) is 10.1 Å². The molecule has 5 nitrogen and oxygen atoms in total. The van der Waals surface area contributed by atoms with E-state index in [1.807, 2.05) is 0 Å². The number of carbonyl (C=O) groups is 1. The van der Waals surface area contributed by atoms with Crippen LogP contribution in [0.3, 0.4) is 0 Å². The van der Waals surface area contributed by atoms with E-state index in [0.29, 0.717) is 34.9 Å². The summed E-state index contributed by atoms with van der Waals surface area (Å²) in [5.41, 5.74) is -0.275. The van der Waals surface area contributed by atoms with Crippen molar-refractivity contribution in [3.8, 4) is 17.6 Å². The van der Waals surface area contributed by atoms with Gasteiger partial charge in [0.1, 0.15) is 5.54 Å². The first-order valence-corrected chi connectivity index (χ1v) is 6.74. The molecule has 0 unspecified atom stereocenters. The fourth-order valence-corrected chi connectivity index (χ4v) is 2.78. The molecule has 6 heteroatoms. The van der Waals surface area contributed by atoms with Crippen molar-refractivity contribution in [1.82, 2.24) is 4.90 Å². The highest BCUT2D eigenvalue weighted by molar-refractivity contribution is 6.32. The Kier molecular flexibility index (Phi) is 2.98. The second-order valence-electron chi connectivity index (χ2n) is 5.05. The highest BCUT2D eigenvalue weighted by Gasteiger charge is 2.43. The molecule has 3 rings (SSSR count). The smallest absolute Gasteiger partial charge is 0.255 e. The molecular weight excluding hydrogens is 280 g/mol. The molecule has 1 aromatic rings. The van der Waals surface area contributed by atoms with E-state index in [4.69, 9.17) is 21.1 Å². The number of nitrogens with zero attached hydrogens (tertiary/aromatic N) is 2. The highest BCUT2D eigenvalue weighted by Crippen LogP contribution is 2.41. The maximum Gasteiger partial charge on any atom is 0.255 e. The van der Waals surface area contributed by atoms with Gasteiger partial charge in [-0.25, -0.2) is 0 Å². The zero-order valence-corrected chi connectivity index (χ0v) is 11.7. The van der Waals surface area contributed by atoms with Crippen LogP contribution in [0.2, 0.25) is 5.02 Å². The fraction of sp³-hybridized carbons (Fsp3) is 0.429. The van der Waals surface area contributed by atoms with Crippen molar-refractivity contribution in [3.63, 3.8) is 0 Å². The molecule has 1 aromatic carbocycles. The Hall–Kier alpha value is -1.93. The van der Waals surface area contributed by atoms with Crippen LogP contribution in [0.4, 0.5) is 0 Å². The minimum Gasteiger partial charge on any atom is -0.454 e. The van der Waals surface area contributed by atoms with Crippen LogP contribution in [0, 0.1) is 11.3 Å². The molecule has 1 amide bonds. The number of rotatable bonds is 2. The average Bonchev–Trinajstić information content (AvgIpc) is 2.85. The third-order valence-corrected chi connectivity index (χ3v) is 4.29. The van der Waals surface area contributed by atoms with Gasteiger partial charge < -0.3 is 14.4 Å². The number of fused-ring (bicyclic) bond motifs is 1. The van der Waals surface area contributed by atoms with Crippen molar-refractivity contribution < 1.29 is 14.3 Å². The lowest BCUT2D eigenvalue weighted by molar-refractivity contribution is 0.0497. The van der Waals surface area contributed by atoms with Crippen LogP contribution in [-0.4, -0.2) is 30.2 Å². The minimum atomic E-state index is -0.681. The molecule has 1 heterocycles. The summed E-state index contributed by atoms with van der Waals surface area (Å²) in [5.74, 6) is 0.699. The number of benzene rings is 1. The SMILES string of the molecule is CN(C(=O)c1cc(Cl)c2c(c1)OCO2)C1(C#N)CCC1. The summed E-state index contributed by atoms with van der Waals surface area (Å²) in [4.78, 5) is 14.0. The molecule has 1 fully saturated rings. The maximum atomic E-state index is 12.5. The third-order valence-electron chi connectivity index (χ3n) is 4.01. The third kappa shape index (κ3) is 1.80. The van der Waals surface area contributed by atoms with E-state index in [2.05, 4.69) is 6.07 Å². The lowest BCUT2D eigenvalue weighted by Crippen LogP contribution is -2.53. The topological polar surface area (TPSA) is 62.6 Å². The van der Waals surface area contributed by atoms with Crippen LogP contribution in [0.15, 0.2) is 12.1 Å². The molecule has 1 saturated carbocycles. The minimum absolute atomic E-state index is 0.102. The van der Waals surface area contributed by atoms with Gasteiger partial charge in [0.15, 0.2) is 11.5 Å². The fourth-order valence-electron chi connectivity index (χ4n) is 2.51. The molecule has 0 aromatic heterocycles. The standard InChI is InChI=1S/C14H13ClN2O3/c1-17(14(7-16)3-2-4-14)13(18)9-5-10(15)12-11(6-9)19-8-20-12/h5-6H,2-4,8H2,1H3. The number of amides is 1. The zero-order chi connectivity index (χ0) is 14.3. The lowest BCUT2D eigenvalue weighted by Gasteiger charge is -2.42. The van der Waals surface area contributed by atoms with Crippen molar-refractivity contribution in [2.24, 2.45) is 0 Å². The van der Waals surface area contributed by atoms with Gasteiger partial charge in [0, 0.05) is 12.6 Å². The predicted octanol–water partition coefficient (Wildman–Crippen LogP) is 2.59. The number of nitriles is 1. The Balaban J connectivity index is 1.92. The molecule has 104 valence electrons. The largest absolute Gasteiger partial charge is 0.454 e. The van der Waals surface area contributed by atoms with Gasteiger partial charge in [0.2, 0.25) is 6.79 Å². The van der Waals surface area contributed by atoms with E-state index < -0.39 is 5.54 Å². The Morgan fingerprint density at radius 1 is 1.45 bits per heavy atom. The number of halogens is 1. The molecule has 1 aliphatic heterocycles. The molecule has 0 atom stereocenters. The van der Waals surface area contributed by atoms with Crippen molar-refractivity contribution in [2.45, 2.75) is 24.8 Å². The quantitative estimate of drug-likeness (QED) is 0.840. The van der Waals surface area contributed by atoms with Crippen molar-refractivity contribution >= 4 is 17.5 Å². The Labute approximate surface area is 121 Å². The van der Waals surface area contributed by atoms with E-state index in [-0.39, 0.29) is 12.7 Å². The molecule has 0 spiro atoms. The van der Waals surface area contributed by atoms with Gasteiger partial charge in [0.25, 0.3) is 5.91 Å². The summed E-state index contributed by atoms with van der Waals surface area (Å²) >= 11 is 6.08. The van der Waals surface area contributed by atoms with Crippen LogP contribution in [0.25, 0.3) is 0 Å². The monoisotopic (exact) mass is 292 g/mol. The van der Waals surface area contributed by atoms with Gasteiger partial charge in [-0.05, 0) is 31.4 Å². The first-order chi connectivity index (χ1) is 9.57. The van der Waals surface area contributed by atoms with Gasteiger partial charge in [-0.1, -0.05) is 11.6 Å². The van der Waals surface area contributed by atoms with Gasteiger partial charge in [-0.2, -0.15) is 5.26 Å². The van der Waals surface area contributed by atoms with Gasteiger partial charge >= 0.3 is 0 Å². The number of hydrogen-bond acceptors (Lipinski definition) is 4.